The Morgan fingerprint density at radius 1 is 1.20 bits per heavy atom. The summed E-state index contributed by atoms with van der Waals surface area (Å²) in [5.74, 6) is 2.08. The van der Waals surface area contributed by atoms with Gasteiger partial charge in [0.2, 0.25) is 0 Å². The number of aliphatic imine (C=N–C) groups is 1. The van der Waals surface area contributed by atoms with E-state index in [1.54, 1.807) is 7.05 Å². The van der Waals surface area contributed by atoms with E-state index in [0.717, 1.165) is 69.9 Å². The van der Waals surface area contributed by atoms with E-state index in [2.05, 4.69) is 15.6 Å². The van der Waals surface area contributed by atoms with Crippen molar-refractivity contribution in [1.29, 1.82) is 0 Å². The molecule has 7 nitrogen and oxygen atoms in total. The summed E-state index contributed by atoms with van der Waals surface area (Å²) in [6.45, 7) is 10.0. The van der Waals surface area contributed by atoms with E-state index in [1.165, 1.54) is 0 Å². The first kappa shape index (κ1) is 27.5. The number of amides is 1. The Morgan fingerprint density at radius 2 is 1.87 bits per heavy atom. The van der Waals surface area contributed by atoms with Crippen LogP contribution in [-0.2, 0) is 15.5 Å². The van der Waals surface area contributed by atoms with Crippen LogP contribution in [0, 0.1) is 5.92 Å². The van der Waals surface area contributed by atoms with E-state index in [9.17, 15) is 9.00 Å². The third-order valence-corrected chi connectivity index (χ3v) is 7.41. The number of hydrogen-bond acceptors (Lipinski definition) is 4. The van der Waals surface area contributed by atoms with Crippen LogP contribution >= 0.6 is 24.0 Å². The summed E-state index contributed by atoms with van der Waals surface area (Å²) in [4.78, 5) is 18.4. The Balaban J connectivity index is 0.00000450. The highest BCUT2D eigenvalue weighted by molar-refractivity contribution is 14.0. The second kappa shape index (κ2) is 13.1. The number of halogens is 1. The SMILES string of the molecule is CCS(=O)C1CCCC(NC(=NC)NCC2CCN(C(=O)OC(C)(C)C)CC2)C1.I. The highest BCUT2D eigenvalue weighted by Crippen LogP contribution is 2.23. The lowest BCUT2D eigenvalue weighted by Gasteiger charge is -2.34. The molecule has 3 atom stereocenters. The van der Waals surface area contributed by atoms with E-state index in [4.69, 9.17) is 4.74 Å². The van der Waals surface area contributed by atoms with Gasteiger partial charge in [-0.2, -0.15) is 0 Å². The quantitative estimate of drug-likeness (QED) is 0.308. The van der Waals surface area contributed by atoms with Gasteiger partial charge in [0.1, 0.15) is 5.60 Å². The number of ether oxygens (including phenoxy) is 1. The standard InChI is InChI=1S/C21H40N4O3S.HI/c1-6-29(27)18-9-7-8-17(14-18)24-19(22-5)23-15-16-10-12-25(13-11-16)20(26)28-21(2,3)4;/h16-18H,6-15H2,1-5H3,(H2,22,23,24);1H. The second-order valence-electron chi connectivity index (χ2n) is 9.16. The molecule has 1 amide bonds. The molecule has 0 radical (unpaired) electrons. The molecule has 3 unspecified atom stereocenters. The van der Waals surface area contributed by atoms with Crippen LogP contribution in [0.4, 0.5) is 4.79 Å². The Hall–Kier alpha value is -0.580. The highest BCUT2D eigenvalue weighted by atomic mass is 127. The predicted molar refractivity (Wildman–Crippen MR) is 135 cm³/mol. The fourth-order valence-corrected chi connectivity index (χ4v) is 5.37. The Morgan fingerprint density at radius 3 is 2.43 bits per heavy atom. The molecule has 1 saturated heterocycles. The number of likely N-dealkylation sites (tertiary alicyclic amines) is 1. The molecule has 1 saturated carbocycles. The maximum absolute atomic E-state index is 12.2. The Bertz CT molecular complexity index is 589. The normalized spacial score (nSPS) is 24.6. The third kappa shape index (κ3) is 9.28. The van der Waals surface area contributed by atoms with Crippen LogP contribution in [0.5, 0.6) is 0 Å². The van der Waals surface area contributed by atoms with Crippen molar-refractivity contribution in [3.8, 4) is 0 Å². The molecule has 1 aliphatic carbocycles. The summed E-state index contributed by atoms with van der Waals surface area (Å²) in [6, 6.07) is 0.337. The zero-order chi connectivity index (χ0) is 21.4. The third-order valence-electron chi connectivity index (χ3n) is 5.67. The topological polar surface area (TPSA) is 83.0 Å². The number of piperidine rings is 1. The molecule has 1 heterocycles. The molecule has 2 N–H and O–H groups in total. The van der Waals surface area contributed by atoms with Gasteiger partial charge >= 0.3 is 6.09 Å². The average molecular weight is 557 g/mol. The van der Waals surface area contributed by atoms with Crippen molar-refractivity contribution in [2.45, 2.75) is 83.1 Å². The van der Waals surface area contributed by atoms with Crippen LogP contribution < -0.4 is 10.6 Å². The van der Waals surface area contributed by atoms with Gasteiger partial charge in [0.05, 0.1) is 0 Å². The van der Waals surface area contributed by atoms with E-state index in [0.29, 0.717) is 17.2 Å². The van der Waals surface area contributed by atoms with Gasteiger partial charge in [-0.3, -0.25) is 9.20 Å². The molecular weight excluding hydrogens is 515 g/mol. The number of carbonyl (C=O) groups is 1. The molecule has 0 aromatic heterocycles. The number of nitrogens with zero attached hydrogens (tertiary/aromatic N) is 2. The van der Waals surface area contributed by atoms with Crippen molar-refractivity contribution in [2.75, 3.05) is 32.4 Å². The van der Waals surface area contributed by atoms with E-state index in [1.807, 2.05) is 32.6 Å². The zero-order valence-electron chi connectivity index (χ0n) is 19.2. The van der Waals surface area contributed by atoms with Crippen LogP contribution in [0.15, 0.2) is 4.99 Å². The summed E-state index contributed by atoms with van der Waals surface area (Å²) < 4.78 is 17.6. The zero-order valence-corrected chi connectivity index (χ0v) is 22.4. The van der Waals surface area contributed by atoms with Crippen molar-refractivity contribution in [3.63, 3.8) is 0 Å². The Kier molecular flexibility index (Phi) is 12.0. The fourth-order valence-electron chi connectivity index (χ4n) is 4.03. The van der Waals surface area contributed by atoms with Crippen molar-refractivity contribution in [3.05, 3.63) is 0 Å². The van der Waals surface area contributed by atoms with Gasteiger partial charge in [-0.15, -0.1) is 24.0 Å². The van der Waals surface area contributed by atoms with Gasteiger partial charge in [-0.1, -0.05) is 13.3 Å². The minimum atomic E-state index is -0.715. The molecule has 2 aliphatic rings. The fraction of sp³-hybridized carbons (Fsp3) is 0.905. The summed E-state index contributed by atoms with van der Waals surface area (Å²) in [7, 11) is 1.08. The van der Waals surface area contributed by atoms with Gasteiger partial charge in [-0.05, 0) is 58.8 Å². The molecule has 176 valence electrons. The first-order valence-corrected chi connectivity index (χ1v) is 12.4. The molecule has 1 aliphatic heterocycles. The minimum absolute atomic E-state index is 0. The first-order valence-electron chi connectivity index (χ1n) is 11.0. The van der Waals surface area contributed by atoms with Crippen molar-refractivity contribution in [2.24, 2.45) is 10.9 Å². The second-order valence-corrected chi connectivity index (χ2v) is 11.2. The highest BCUT2D eigenvalue weighted by Gasteiger charge is 2.28. The molecular formula is C21H41IN4O3S. The lowest BCUT2D eigenvalue weighted by Crippen LogP contribution is -2.49. The number of nitrogens with one attached hydrogen (secondary N) is 2. The van der Waals surface area contributed by atoms with Crippen LogP contribution in [0.1, 0.15) is 66.2 Å². The molecule has 0 bridgehead atoms. The van der Waals surface area contributed by atoms with E-state index < -0.39 is 16.4 Å². The van der Waals surface area contributed by atoms with Crippen LogP contribution in [0.25, 0.3) is 0 Å². The smallest absolute Gasteiger partial charge is 0.410 e. The van der Waals surface area contributed by atoms with Gasteiger partial charge in [0, 0.05) is 54.5 Å². The number of hydrogen-bond donors (Lipinski definition) is 2. The first-order chi connectivity index (χ1) is 13.7. The van der Waals surface area contributed by atoms with Crippen LogP contribution in [0.2, 0.25) is 0 Å². The summed E-state index contributed by atoms with van der Waals surface area (Å²) in [5.41, 5.74) is -0.449. The van der Waals surface area contributed by atoms with E-state index in [-0.39, 0.29) is 30.1 Å². The molecule has 0 spiro atoms. The molecule has 0 aromatic rings. The molecule has 9 heteroatoms. The lowest BCUT2D eigenvalue weighted by molar-refractivity contribution is 0.0185. The van der Waals surface area contributed by atoms with Crippen molar-refractivity contribution < 1.29 is 13.7 Å². The molecule has 2 fully saturated rings. The minimum Gasteiger partial charge on any atom is -0.444 e. The maximum Gasteiger partial charge on any atom is 0.410 e. The number of carbonyl (C=O) groups excluding carboxylic acids is 1. The van der Waals surface area contributed by atoms with Gasteiger partial charge in [0.15, 0.2) is 5.96 Å². The summed E-state index contributed by atoms with van der Waals surface area (Å²) >= 11 is 0. The molecule has 0 aromatic carbocycles. The largest absolute Gasteiger partial charge is 0.444 e. The monoisotopic (exact) mass is 556 g/mol. The van der Waals surface area contributed by atoms with Crippen molar-refractivity contribution >= 4 is 46.8 Å². The Labute approximate surface area is 202 Å². The summed E-state index contributed by atoms with van der Waals surface area (Å²) in [6.07, 6.45) is 5.96. The van der Waals surface area contributed by atoms with Gasteiger partial charge in [0.25, 0.3) is 0 Å². The van der Waals surface area contributed by atoms with Crippen LogP contribution in [0.3, 0.4) is 0 Å². The van der Waals surface area contributed by atoms with Gasteiger partial charge < -0.3 is 20.3 Å². The number of rotatable bonds is 5. The van der Waals surface area contributed by atoms with Gasteiger partial charge in [-0.25, -0.2) is 4.79 Å². The molecule has 30 heavy (non-hydrogen) atoms. The average Bonchev–Trinajstić information content (AvgIpc) is 2.69. The number of guanidine groups is 1. The van der Waals surface area contributed by atoms with Crippen molar-refractivity contribution in [1.82, 2.24) is 15.5 Å². The predicted octanol–water partition coefficient (Wildman–Crippen LogP) is 3.50. The lowest BCUT2D eigenvalue weighted by atomic mass is 9.95. The molecule has 2 rings (SSSR count). The van der Waals surface area contributed by atoms with E-state index >= 15 is 0 Å². The summed E-state index contributed by atoms with van der Waals surface area (Å²) in [5, 5.41) is 7.29. The van der Waals surface area contributed by atoms with Crippen LogP contribution in [-0.4, -0.2) is 70.5 Å². The maximum atomic E-state index is 12.2.